The summed E-state index contributed by atoms with van der Waals surface area (Å²) >= 11 is 0. The molecule has 1 aromatic rings. The van der Waals surface area contributed by atoms with E-state index in [2.05, 4.69) is 0 Å². The molecular weight excluding hydrogens is 240 g/mol. The lowest BCUT2D eigenvalue weighted by Gasteiger charge is -2.17. The van der Waals surface area contributed by atoms with Gasteiger partial charge in [0.2, 0.25) is 5.91 Å². The molecule has 19 heavy (non-hydrogen) atoms. The Hall–Kier alpha value is -1.39. The van der Waals surface area contributed by atoms with Gasteiger partial charge in [0, 0.05) is 39.8 Å². The van der Waals surface area contributed by atoms with Crippen molar-refractivity contribution in [2.45, 2.75) is 32.9 Å². The fourth-order valence-electron chi connectivity index (χ4n) is 1.80. The van der Waals surface area contributed by atoms with Crippen LogP contribution in [0.15, 0.2) is 24.3 Å². The van der Waals surface area contributed by atoms with Gasteiger partial charge in [-0.3, -0.25) is 4.79 Å². The van der Waals surface area contributed by atoms with Crippen LogP contribution in [0.5, 0.6) is 0 Å². The van der Waals surface area contributed by atoms with E-state index in [0.29, 0.717) is 32.7 Å². The maximum Gasteiger partial charge on any atom is 0.222 e. The van der Waals surface area contributed by atoms with Crippen molar-refractivity contribution < 1.29 is 9.53 Å². The Morgan fingerprint density at radius 2 is 1.89 bits per heavy atom. The van der Waals surface area contributed by atoms with Crippen LogP contribution < -0.4 is 5.73 Å². The van der Waals surface area contributed by atoms with E-state index in [9.17, 15) is 4.79 Å². The lowest BCUT2D eigenvalue weighted by atomic mass is 10.1. The zero-order valence-corrected chi connectivity index (χ0v) is 11.9. The van der Waals surface area contributed by atoms with E-state index in [1.807, 2.05) is 38.2 Å². The number of benzene rings is 1. The monoisotopic (exact) mass is 264 g/mol. The largest absolute Gasteiger partial charge is 0.382 e. The molecule has 0 aliphatic rings. The van der Waals surface area contributed by atoms with Crippen LogP contribution in [0.1, 0.15) is 30.9 Å². The molecule has 0 saturated heterocycles. The highest BCUT2D eigenvalue weighted by Crippen LogP contribution is 2.07. The molecule has 4 heteroatoms. The minimum atomic E-state index is 0.155. The third-order valence-electron chi connectivity index (χ3n) is 2.99. The summed E-state index contributed by atoms with van der Waals surface area (Å²) in [6, 6.07) is 8.05. The molecule has 0 unspecified atom stereocenters. The molecule has 1 amide bonds. The number of carbonyl (C=O) groups excluding carboxylic acids is 1. The first-order chi connectivity index (χ1) is 9.17. The van der Waals surface area contributed by atoms with E-state index in [4.69, 9.17) is 10.5 Å². The number of hydrogen-bond acceptors (Lipinski definition) is 3. The first-order valence-electron chi connectivity index (χ1n) is 6.77. The van der Waals surface area contributed by atoms with Crippen molar-refractivity contribution in [3.8, 4) is 0 Å². The number of amides is 1. The molecule has 4 nitrogen and oxygen atoms in total. The van der Waals surface area contributed by atoms with Crippen molar-refractivity contribution in [3.05, 3.63) is 35.4 Å². The van der Waals surface area contributed by atoms with Gasteiger partial charge in [-0.2, -0.15) is 0 Å². The summed E-state index contributed by atoms with van der Waals surface area (Å²) < 4.78 is 5.22. The zero-order chi connectivity index (χ0) is 14.1. The van der Waals surface area contributed by atoms with Crippen molar-refractivity contribution in [1.82, 2.24) is 4.90 Å². The van der Waals surface area contributed by atoms with Crippen molar-refractivity contribution in [3.63, 3.8) is 0 Å². The minimum absolute atomic E-state index is 0.155. The van der Waals surface area contributed by atoms with E-state index in [1.165, 1.54) is 0 Å². The Kier molecular flexibility index (Phi) is 7.15. The fraction of sp³-hybridized carbons (Fsp3) is 0.533. The van der Waals surface area contributed by atoms with Gasteiger partial charge in [0.15, 0.2) is 0 Å². The number of hydrogen-bond donors (Lipinski definition) is 1. The van der Waals surface area contributed by atoms with Gasteiger partial charge in [0.1, 0.15) is 0 Å². The Bertz CT molecular complexity index is 376. The third kappa shape index (κ3) is 5.85. The molecule has 0 aliphatic heterocycles. The average Bonchev–Trinajstić information content (AvgIpc) is 2.44. The van der Waals surface area contributed by atoms with Gasteiger partial charge in [-0.25, -0.2) is 0 Å². The smallest absolute Gasteiger partial charge is 0.222 e. The molecule has 106 valence electrons. The van der Waals surface area contributed by atoms with E-state index in [-0.39, 0.29) is 5.91 Å². The van der Waals surface area contributed by atoms with E-state index in [1.54, 1.807) is 4.90 Å². The molecule has 1 rings (SSSR count). The number of rotatable bonds is 8. The second-order valence-electron chi connectivity index (χ2n) is 4.57. The predicted molar refractivity (Wildman–Crippen MR) is 76.5 cm³/mol. The van der Waals surface area contributed by atoms with Gasteiger partial charge in [0.25, 0.3) is 0 Å². The van der Waals surface area contributed by atoms with E-state index >= 15 is 0 Å². The van der Waals surface area contributed by atoms with Gasteiger partial charge in [-0.1, -0.05) is 24.3 Å². The summed E-state index contributed by atoms with van der Waals surface area (Å²) in [4.78, 5) is 13.6. The van der Waals surface area contributed by atoms with Crippen LogP contribution in [0, 0.1) is 0 Å². The van der Waals surface area contributed by atoms with E-state index < -0.39 is 0 Å². The summed E-state index contributed by atoms with van der Waals surface area (Å²) in [7, 11) is 1.83. The molecule has 0 aliphatic carbocycles. The molecule has 0 spiro atoms. The Morgan fingerprint density at radius 1 is 1.26 bits per heavy atom. The topological polar surface area (TPSA) is 55.6 Å². The normalized spacial score (nSPS) is 10.5. The summed E-state index contributed by atoms with van der Waals surface area (Å²) in [5.41, 5.74) is 7.78. The summed E-state index contributed by atoms with van der Waals surface area (Å²) in [6.07, 6.45) is 1.32. The van der Waals surface area contributed by atoms with E-state index in [0.717, 1.165) is 17.5 Å². The van der Waals surface area contributed by atoms with Crippen LogP contribution >= 0.6 is 0 Å². The van der Waals surface area contributed by atoms with Crippen LogP contribution in [-0.2, 0) is 22.6 Å². The van der Waals surface area contributed by atoms with Crippen molar-refractivity contribution >= 4 is 5.91 Å². The van der Waals surface area contributed by atoms with Crippen LogP contribution in [0.25, 0.3) is 0 Å². The average molecular weight is 264 g/mol. The molecule has 0 bridgehead atoms. The second-order valence-corrected chi connectivity index (χ2v) is 4.57. The molecule has 1 aromatic carbocycles. The summed E-state index contributed by atoms with van der Waals surface area (Å²) in [5, 5.41) is 0. The third-order valence-corrected chi connectivity index (χ3v) is 2.99. The Morgan fingerprint density at radius 3 is 2.47 bits per heavy atom. The lowest BCUT2D eigenvalue weighted by Crippen LogP contribution is -2.26. The highest BCUT2D eigenvalue weighted by atomic mass is 16.5. The highest BCUT2D eigenvalue weighted by Gasteiger charge is 2.08. The summed E-state index contributed by atoms with van der Waals surface area (Å²) in [5.74, 6) is 0.155. The highest BCUT2D eigenvalue weighted by molar-refractivity contribution is 5.75. The van der Waals surface area contributed by atoms with Crippen molar-refractivity contribution in [2.75, 3.05) is 20.3 Å². The quantitative estimate of drug-likeness (QED) is 0.730. The van der Waals surface area contributed by atoms with Gasteiger partial charge in [-0.15, -0.1) is 0 Å². The standard InChI is InChI=1S/C15H24N2O2/c1-3-19-10-4-5-15(18)17(2)12-14-8-6-13(11-16)7-9-14/h6-9H,3-5,10-12,16H2,1-2H3. The number of ether oxygens (including phenoxy) is 1. The Labute approximate surface area is 115 Å². The number of carbonyl (C=O) groups is 1. The maximum atomic E-state index is 11.9. The zero-order valence-electron chi connectivity index (χ0n) is 11.9. The first-order valence-corrected chi connectivity index (χ1v) is 6.77. The molecule has 0 radical (unpaired) electrons. The molecule has 0 heterocycles. The van der Waals surface area contributed by atoms with Crippen LogP contribution in [0.3, 0.4) is 0 Å². The number of nitrogens with two attached hydrogens (primary N) is 1. The van der Waals surface area contributed by atoms with Crippen LogP contribution in [0.4, 0.5) is 0 Å². The Balaban J connectivity index is 2.35. The predicted octanol–water partition coefficient (Wildman–Crippen LogP) is 1.92. The molecular formula is C15H24N2O2. The van der Waals surface area contributed by atoms with Crippen LogP contribution in [-0.4, -0.2) is 31.1 Å². The minimum Gasteiger partial charge on any atom is -0.382 e. The maximum absolute atomic E-state index is 11.9. The van der Waals surface area contributed by atoms with Crippen molar-refractivity contribution in [1.29, 1.82) is 0 Å². The fourth-order valence-corrected chi connectivity index (χ4v) is 1.80. The SMILES string of the molecule is CCOCCCC(=O)N(C)Cc1ccc(CN)cc1. The van der Waals surface area contributed by atoms with Gasteiger partial charge in [0.05, 0.1) is 0 Å². The molecule has 0 fully saturated rings. The summed E-state index contributed by atoms with van der Waals surface area (Å²) in [6.45, 7) is 4.50. The molecule has 0 saturated carbocycles. The second kappa shape index (κ2) is 8.67. The molecule has 2 N–H and O–H groups in total. The van der Waals surface area contributed by atoms with Crippen LogP contribution in [0.2, 0.25) is 0 Å². The molecule has 0 aromatic heterocycles. The van der Waals surface area contributed by atoms with Gasteiger partial charge in [-0.05, 0) is 24.5 Å². The lowest BCUT2D eigenvalue weighted by molar-refractivity contribution is -0.130. The first kappa shape index (κ1) is 15.7. The van der Waals surface area contributed by atoms with Crippen molar-refractivity contribution in [2.24, 2.45) is 5.73 Å². The number of nitrogens with zero attached hydrogens (tertiary/aromatic N) is 1. The van der Waals surface area contributed by atoms with Gasteiger partial charge < -0.3 is 15.4 Å². The molecule has 0 atom stereocenters. The van der Waals surface area contributed by atoms with Gasteiger partial charge >= 0.3 is 0 Å².